The maximum atomic E-state index is 12.7. The molecule has 0 spiro atoms. The Morgan fingerprint density at radius 3 is 2.38 bits per heavy atom. The van der Waals surface area contributed by atoms with Gasteiger partial charge in [-0.2, -0.15) is 13.2 Å². The second-order valence-corrected chi connectivity index (χ2v) is 4.19. The fourth-order valence-corrected chi connectivity index (χ4v) is 1.64. The molecule has 0 unspecified atom stereocenters. The van der Waals surface area contributed by atoms with Crippen LogP contribution in [0.15, 0.2) is 18.2 Å². The highest BCUT2D eigenvalue weighted by Gasteiger charge is 2.31. The summed E-state index contributed by atoms with van der Waals surface area (Å²) in [5.41, 5.74) is -0.748. The van der Waals surface area contributed by atoms with Gasteiger partial charge in [0.1, 0.15) is 0 Å². The molecule has 21 heavy (non-hydrogen) atoms. The van der Waals surface area contributed by atoms with Crippen molar-refractivity contribution in [2.75, 3.05) is 26.0 Å². The molecule has 0 saturated heterocycles. The third-order valence-electron chi connectivity index (χ3n) is 2.78. The van der Waals surface area contributed by atoms with Crippen LogP contribution in [0.2, 0.25) is 0 Å². The van der Waals surface area contributed by atoms with Crippen molar-refractivity contribution in [3.8, 4) is 0 Å². The number of benzene rings is 1. The summed E-state index contributed by atoms with van der Waals surface area (Å²) in [5, 5.41) is 7.45. The molecule has 5 nitrogen and oxygen atoms in total. The van der Waals surface area contributed by atoms with Gasteiger partial charge in [-0.05, 0) is 18.2 Å². The van der Waals surface area contributed by atoms with Crippen molar-refractivity contribution in [1.29, 1.82) is 0 Å². The summed E-state index contributed by atoms with van der Waals surface area (Å²) in [6, 6.07) is 2.87. The van der Waals surface area contributed by atoms with Crippen LogP contribution in [0.4, 0.5) is 18.9 Å². The molecule has 1 aromatic rings. The van der Waals surface area contributed by atoms with Crippen LogP contribution in [0.1, 0.15) is 22.3 Å². The highest BCUT2D eigenvalue weighted by atomic mass is 19.4. The van der Waals surface area contributed by atoms with Gasteiger partial charge in [0.05, 0.1) is 11.1 Å². The number of amides is 2. The van der Waals surface area contributed by atoms with Crippen molar-refractivity contribution in [3.05, 3.63) is 29.3 Å². The Morgan fingerprint density at radius 1 is 1.19 bits per heavy atom. The lowest BCUT2D eigenvalue weighted by Gasteiger charge is -2.13. The molecule has 0 aliphatic carbocycles. The van der Waals surface area contributed by atoms with Crippen LogP contribution < -0.4 is 16.0 Å². The van der Waals surface area contributed by atoms with Gasteiger partial charge in [0.15, 0.2) is 0 Å². The molecular weight excluding hydrogens is 287 g/mol. The quantitative estimate of drug-likeness (QED) is 0.774. The number of anilines is 1. The first-order valence-electron chi connectivity index (χ1n) is 6.17. The molecule has 0 saturated carbocycles. The summed E-state index contributed by atoms with van der Waals surface area (Å²) in [5.74, 6) is -0.942. The van der Waals surface area contributed by atoms with E-state index in [-0.39, 0.29) is 30.1 Å². The van der Waals surface area contributed by atoms with E-state index in [1.165, 1.54) is 20.2 Å². The van der Waals surface area contributed by atoms with Crippen LogP contribution in [-0.4, -0.2) is 32.5 Å². The smallest absolute Gasteiger partial charge is 0.387 e. The third-order valence-corrected chi connectivity index (χ3v) is 2.78. The Kier molecular flexibility index (Phi) is 5.57. The summed E-state index contributed by atoms with van der Waals surface area (Å²) >= 11 is 0. The van der Waals surface area contributed by atoms with Crippen molar-refractivity contribution in [2.24, 2.45) is 0 Å². The summed E-state index contributed by atoms with van der Waals surface area (Å²) in [6.45, 7) is 0.0396. The molecule has 0 heterocycles. The lowest BCUT2D eigenvalue weighted by Crippen LogP contribution is -2.29. The third kappa shape index (κ3) is 4.66. The average Bonchev–Trinajstić information content (AvgIpc) is 2.45. The normalized spacial score (nSPS) is 10.9. The summed E-state index contributed by atoms with van der Waals surface area (Å²) in [4.78, 5) is 22.9. The Hall–Kier alpha value is -2.25. The van der Waals surface area contributed by atoms with E-state index < -0.39 is 17.6 Å². The monoisotopic (exact) mass is 303 g/mol. The maximum Gasteiger partial charge on any atom is 0.416 e. The highest BCUT2D eigenvalue weighted by Crippen LogP contribution is 2.31. The zero-order valence-electron chi connectivity index (χ0n) is 11.6. The zero-order chi connectivity index (χ0) is 16.0. The number of carbonyl (C=O) groups is 2. The van der Waals surface area contributed by atoms with Crippen molar-refractivity contribution in [3.63, 3.8) is 0 Å². The molecule has 116 valence electrons. The number of alkyl halides is 3. The molecule has 8 heteroatoms. The molecule has 1 aromatic carbocycles. The van der Waals surface area contributed by atoms with Gasteiger partial charge in [0.2, 0.25) is 5.91 Å². The van der Waals surface area contributed by atoms with E-state index in [0.717, 1.165) is 12.1 Å². The second-order valence-electron chi connectivity index (χ2n) is 4.19. The summed E-state index contributed by atoms with van der Waals surface area (Å²) in [6.07, 6.45) is -4.47. The van der Waals surface area contributed by atoms with Crippen LogP contribution >= 0.6 is 0 Å². The van der Waals surface area contributed by atoms with Crippen molar-refractivity contribution in [2.45, 2.75) is 12.6 Å². The van der Waals surface area contributed by atoms with E-state index in [2.05, 4.69) is 16.0 Å². The molecule has 2 amide bonds. The van der Waals surface area contributed by atoms with Gasteiger partial charge in [-0.1, -0.05) is 0 Å². The van der Waals surface area contributed by atoms with Crippen LogP contribution in [0.3, 0.4) is 0 Å². The van der Waals surface area contributed by atoms with E-state index >= 15 is 0 Å². The second kappa shape index (κ2) is 6.96. The van der Waals surface area contributed by atoms with Gasteiger partial charge in [0, 0.05) is 32.7 Å². The SMILES string of the molecule is CNC(=O)CCNC(=O)c1cc(C(F)(F)F)ccc1NC. The standard InChI is InChI=1S/C13H16F3N3O2/c1-17-10-4-3-8(13(14,15)16)7-9(10)12(21)19-6-5-11(20)18-2/h3-4,7,17H,5-6H2,1-2H3,(H,18,20)(H,19,21). The van der Waals surface area contributed by atoms with Gasteiger partial charge in [-0.25, -0.2) is 0 Å². The molecule has 0 atom stereocenters. The van der Waals surface area contributed by atoms with Crippen molar-refractivity contribution >= 4 is 17.5 Å². The van der Waals surface area contributed by atoms with E-state index in [0.29, 0.717) is 0 Å². The van der Waals surface area contributed by atoms with E-state index in [1.807, 2.05) is 0 Å². The van der Waals surface area contributed by atoms with E-state index in [4.69, 9.17) is 0 Å². The lowest BCUT2D eigenvalue weighted by atomic mass is 10.1. The number of nitrogens with one attached hydrogen (secondary N) is 3. The van der Waals surface area contributed by atoms with Crippen LogP contribution in [-0.2, 0) is 11.0 Å². The van der Waals surface area contributed by atoms with Gasteiger partial charge in [-0.3, -0.25) is 9.59 Å². The Morgan fingerprint density at radius 2 is 1.86 bits per heavy atom. The largest absolute Gasteiger partial charge is 0.416 e. The van der Waals surface area contributed by atoms with Gasteiger partial charge < -0.3 is 16.0 Å². The number of halogens is 3. The molecule has 0 aromatic heterocycles. The van der Waals surface area contributed by atoms with Crippen LogP contribution in [0, 0.1) is 0 Å². The fourth-order valence-electron chi connectivity index (χ4n) is 1.64. The minimum atomic E-state index is -4.52. The summed E-state index contributed by atoms with van der Waals surface area (Å²) < 4.78 is 38.0. The first-order valence-corrected chi connectivity index (χ1v) is 6.17. The first-order chi connectivity index (χ1) is 9.79. The van der Waals surface area contributed by atoms with Crippen molar-refractivity contribution in [1.82, 2.24) is 10.6 Å². The molecule has 0 fully saturated rings. The topological polar surface area (TPSA) is 70.2 Å². The van der Waals surface area contributed by atoms with E-state index in [9.17, 15) is 22.8 Å². The molecule has 0 aliphatic rings. The Bertz CT molecular complexity index is 530. The average molecular weight is 303 g/mol. The predicted molar refractivity (Wildman–Crippen MR) is 72.0 cm³/mol. The fraction of sp³-hybridized carbons (Fsp3) is 0.385. The number of hydrogen-bond acceptors (Lipinski definition) is 3. The van der Waals surface area contributed by atoms with Crippen molar-refractivity contribution < 1.29 is 22.8 Å². The minimum absolute atomic E-state index is 0.0396. The van der Waals surface area contributed by atoms with Crippen LogP contribution in [0.5, 0.6) is 0 Å². The molecular formula is C13H16F3N3O2. The van der Waals surface area contributed by atoms with Gasteiger partial charge >= 0.3 is 6.18 Å². The molecule has 3 N–H and O–H groups in total. The van der Waals surface area contributed by atoms with E-state index in [1.54, 1.807) is 0 Å². The molecule has 0 bridgehead atoms. The first kappa shape index (κ1) is 16.8. The summed E-state index contributed by atoms with van der Waals surface area (Å²) in [7, 11) is 2.96. The molecule has 0 radical (unpaired) electrons. The predicted octanol–water partition coefficient (Wildman–Crippen LogP) is 1.61. The Balaban J connectivity index is 2.88. The zero-order valence-corrected chi connectivity index (χ0v) is 11.6. The maximum absolute atomic E-state index is 12.7. The lowest BCUT2D eigenvalue weighted by molar-refractivity contribution is -0.137. The molecule has 1 rings (SSSR count). The molecule has 0 aliphatic heterocycles. The van der Waals surface area contributed by atoms with Gasteiger partial charge in [0.25, 0.3) is 5.91 Å². The highest BCUT2D eigenvalue weighted by molar-refractivity contribution is 6.00. The minimum Gasteiger partial charge on any atom is -0.387 e. The number of hydrogen-bond donors (Lipinski definition) is 3. The Labute approximate surface area is 119 Å². The number of carbonyl (C=O) groups excluding carboxylic acids is 2. The van der Waals surface area contributed by atoms with Gasteiger partial charge in [-0.15, -0.1) is 0 Å². The van der Waals surface area contributed by atoms with Crippen LogP contribution in [0.25, 0.3) is 0 Å². The number of rotatable bonds is 5.